The summed E-state index contributed by atoms with van der Waals surface area (Å²) in [7, 11) is 3.41. The van der Waals surface area contributed by atoms with Gasteiger partial charge in [-0.25, -0.2) is 0 Å². The average molecular weight is 407 g/mol. The van der Waals surface area contributed by atoms with E-state index in [1.807, 2.05) is 12.1 Å². The molecule has 0 atom stereocenters. The van der Waals surface area contributed by atoms with Gasteiger partial charge in [-0.3, -0.25) is 0 Å². The van der Waals surface area contributed by atoms with Crippen LogP contribution in [0.15, 0.2) is 46.9 Å². The van der Waals surface area contributed by atoms with Crippen LogP contribution in [0.1, 0.15) is 11.1 Å². The first-order chi connectivity index (χ1) is 12.2. The Morgan fingerprint density at radius 2 is 1.40 bits per heavy atom. The number of hydrogen-bond acceptors (Lipinski definition) is 2. The summed E-state index contributed by atoms with van der Waals surface area (Å²) in [4.78, 5) is 3.27. The topological polar surface area (TPSA) is 27.3 Å². The van der Waals surface area contributed by atoms with Crippen LogP contribution in [0.4, 0.5) is 0 Å². The van der Waals surface area contributed by atoms with Crippen LogP contribution in [-0.2, 0) is 13.1 Å². The Hall–Kier alpha value is -1.56. The predicted octanol–water partition coefficient (Wildman–Crippen LogP) is 0.950. The van der Waals surface area contributed by atoms with Crippen LogP contribution >= 0.6 is 15.9 Å². The zero-order valence-electron chi connectivity index (χ0n) is 15.0. The molecular formula is C20H27BrN2O2+2. The second-order valence-corrected chi connectivity index (χ2v) is 7.45. The van der Waals surface area contributed by atoms with E-state index in [0.717, 1.165) is 24.6 Å². The highest BCUT2D eigenvalue weighted by molar-refractivity contribution is 9.10. The van der Waals surface area contributed by atoms with E-state index in [2.05, 4.69) is 46.3 Å². The number of methoxy groups -OCH3 is 2. The molecule has 0 bridgehead atoms. The van der Waals surface area contributed by atoms with Gasteiger partial charge in [0.15, 0.2) is 11.5 Å². The number of rotatable bonds is 6. The number of quaternary nitrogens is 2. The molecule has 25 heavy (non-hydrogen) atoms. The lowest BCUT2D eigenvalue weighted by Crippen LogP contribution is -3.27. The average Bonchev–Trinajstić information content (AvgIpc) is 2.65. The van der Waals surface area contributed by atoms with Gasteiger partial charge in [0.1, 0.15) is 39.3 Å². The van der Waals surface area contributed by atoms with Crippen molar-refractivity contribution < 1.29 is 19.3 Å². The molecule has 0 radical (unpaired) electrons. The van der Waals surface area contributed by atoms with Crippen molar-refractivity contribution in [2.75, 3.05) is 40.4 Å². The fourth-order valence-electron chi connectivity index (χ4n) is 3.58. The van der Waals surface area contributed by atoms with Gasteiger partial charge in [-0.15, -0.1) is 0 Å². The molecule has 1 saturated heterocycles. The first-order valence-electron chi connectivity index (χ1n) is 8.81. The van der Waals surface area contributed by atoms with Crippen molar-refractivity contribution in [2.24, 2.45) is 0 Å². The smallest absolute Gasteiger partial charge is 0.169 e. The largest absolute Gasteiger partial charge is 0.493 e. The Kier molecular flexibility index (Phi) is 6.34. The Morgan fingerprint density at radius 3 is 2.00 bits per heavy atom. The van der Waals surface area contributed by atoms with E-state index in [9.17, 15) is 0 Å². The van der Waals surface area contributed by atoms with Gasteiger partial charge in [-0.1, -0.05) is 40.2 Å². The van der Waals surface area contributed by atoms with Crippen LogP contribution < -0.4 is 19.3 Å². The molecule has 0 amide bonds. The van der Waals surface area contributed by atoms with Gasteiger partial charge in [-0.2, -0.15) is 0 Å². The maximum Gasteiger partial charge on any atom is 0.169 e. The summed E-state index contributed by atoms with van der Waals surface area (Å²) in [6.45, 7) is 6.84. The highest BCUT2D eigenvalue weighted by Gasteiger charge is 2.25. The third-order valence-electron chi connectivity index (χ3n) is 4.99. The Bertz CT molecular complexity index is 700. The van der Waals surface area contributed by atoms with Gasteiger partial charge in [0.25, 0.3) is 0 Å². The molecule has 1 fully saturated rings. The molecule has 134 valence electrons. The van der Waals surface area contributed by atoms with Crippen molar-refractivity contribution in [3.8, 4) is 11.5 Å². The minimum Gasteiger partial charge on any atom is -0.493 e. The fraction of sp³-hybridized carbons (Fsp3) is 0.400. The first kappa shape index (κ1) is 18.2. The molecule has 2 aromatic rings. The molecule has 1 heterocycles. The number of hydrogen-bond donors (Lipinski definition) is 2. The van der Waals surface area contributed by atoms with E-state index < -0.39 is 0 Å². The number of nitrogens with one attached hydrogen (secondary N) is 2. The van der Waals surface area contributed by atoms with Crippen LogP contribution in [0, 0.1) is 0 Å². The molecule has 0 saturated carbocycles. The molecule has 0 aliphatic carbocycles. The zero-order valence-corrected chi connectivity index (χ0v) is 16.6. The van der Waals surface area contributed by atoms with Gasteiger partial charge in [0, 0.05) is 10.0 Å². The van der Waals surface area contributed by atoms with Gasteiger partial charge in [0.2, 0.25) is 0 Å². The van der Waals surface area contributed by atoms with Crippen molar-refractivity contribution in [2.45, 2.75) is 13.1 Å². The molecule has 1 aliphatic rings. The zero-order chi connectivity index (χ0) is 17.6. The van der Waals surface area contributed by atoms with Gasteiger partial charge < -0.3 is 19.3 Å². The molecule has 2 N–H and O–H groups in total. The predicted molar refractivity (Wildman–Crippen MR) is 102 cm³/mol. The van der Waals surface area contributed by atoms with E-state index in [4.69, 9.17) is 9.47 Å². The Labute approximate surface area is 158 Å². The van der Waals surface area contributed by atoms with E-state index in [0.29, 0.717) is 0 Å². The maximum absolute atomic E-state index is 5.57. The highest BCUT2D eigenvalue weighted by atomic mass is 79.9. The first-order valence-corrected chi connectivity index (χ1v) is 9.61. The third kappa shape index (κ3) is 4.54. The van der Waals surface area contributed by atoms with Crippen LogP contribution in [0.25, 0.3) is 0 Å². The van der Waals surface area contributed by atoms with Crippen LogP contribution in [0.2, 0.25) is 0 Å². The molecular weight excluding hydrogens is 380 g/mol. The van der Waals surface area contributed by atoms with Gasteiger partial charge >= 0.3 is 0 Å². The van der Waals surface area contributed by atoms with E-state index in [1.54, 1.807) is 24.0 Å². The molecule has 2 aromatic carbocycles. The Balaban J connectivity index is 1.57. The van der Waals surface area contributed by atoms with Crippen LogP contribution in [0.3, 0.4) is 0 Å². The monoisotopic (exact) mass is 406 g/mol. The minimum atomic E-state index is 0.817. The SMILES string of the molecule is COc1cccc(C[NH+]2CC[NH+](Cc3ccccc3Br)CC2)c1OC. The summed E-state index contributed by atoms with van der Waals surface area (Å²) in [5.74, 6) is 1.69. The second-order valence-electron chi connectivity index (χ2n) is 6.60. The van der Waals surface area contributed by atoms with Crippen molar-refractivity contribution in [3.63, 3.8) is 0 Å². The van der Waals surface area contributed by atoms with Crippen molar-refractivity contribution in [1.29, 1.82) is 0 Å². The molecule has 0 spiro atoms. The third-order valence-corrected chi connectivity index (χ3v) is 5.76. The normalized spacial score (nSPS) is 20.3. The quantitative estimate of drug-likeness (QED) is 0.747. The van der Waals surface area contributed by atoms with Crippen molar-refractivity contribution >= 4 is 15.9 Å². The molecule has 0 aromatic heterocycles. The van der Waals surface area contributed by atoms with E-state index >= 15 is 0 Å². The molecule has 1 aliphatic heterocycles. The Morgan fingerprint density at radius 1 is 0.800 bits per heavy atom. The molecule has 3 rings (SSSR count). The van der Waals surface area contributed by atoms with Gasteiger partial charge in [-0.05, 0) is 18.2 Å². The highest BCUT2D eigenvalue weighted by Crippen LogP contribution is 2.30. The lowest BCUT2D eigenvalue weighted by atomic mass is 10.1. The van der Waals surface area contributed by atoms with Crippen molar-refractivity contribution in [1.82, 2.24) is 0 Å². The summed E-state index contributed by atoms with van der Waals surface area (Å²) >= 11 is 3.66. The second kappa shape index (κ2) is 8.70. The van der Waals surface area contributed by atoms with Crippen LogP contribution in [-0.4, -0.2) is 40.4 Å². The number of para-hydroxylation sites is 1. The lowest BCUT2D eigenvalue weighted by Gasteiger charge is -2.30. The molecule has 0 unspecified atom stereocenters. The number of ether oxygens (including phenoxy) is 2. The summed E-state index contributed by atoms with van der Waals surface area (Å²) in [6, 6.07) is 14.7. The summed E-state index contributed by atoms with van der Waals surface area (Å²) in [5.41, 5.74) is 2.63. The summed E-state index contributed by atoms with van der Waals surface area (Å²) in [5, 5.41) is 0. The van der Waals surface area contributed by atoms with E-state index in [-0.39, 0.29) is 0 Å². The standard InChI is InChI=1S/C20H25BrN2O2/c1-24-19-9-5-7-17(20(19)25-2)15-23-12-10-22(11-13-23)14-16-6-3-4-8-18(16)21/h3-9H,10-15H2,1-2H3/p+2. The minimum absolute atomic E-state index is 0.817. The summed E-state index contributed by atoms with van der Waals surface area (Å²) < 4.78 is 12.2. The number of benzene rings is 2. The lowest BCUT2D eigenvalue weighted by molar-refractivity contribution is -1.02. The fourth-order valence-corrected chi connectivity index (χ4v) is 4.01. The van der Waals surface area contributed by atoms with E-state index in [1.165, 1.54) is 41.8 Å². The molecule has 5 heteroatoms. The van der Waals surface area contributed by atoms with Crippen LogP contribution in [0.5, 0.6) is 11.5 Å². The molecule has 4 nitrogen and oxygen atoms in total. The summed E-state index contributed by atoms with van der Waals surface area (Å²) in [6.07, 6.45) is 0. The number of halogens is 1. The maximum atomic E-state index is 5.57. The van der Waals surface area contributed by atoms with Gasteiger partial charge in [0.05, 0.1) is 19.8 Å². The van der Waals surface area contributed by atoms with Crippen molar-refractivity contribution in [3.05, 3.63) is 58.1 Å². The number of piperazine rings is 1.